The Balaban J connectivity index is 2.71. The predicted octanol–water partition coefficient (Wildman–Crippen LogP) is 1.86. The van der Waals surface area contributed by atoms with Crippen molar-refractivity contribution in [2.24, 2.45) is 0 Å². The third kappa shape index (κ3) is 3.40. The topological polar surface area (TPSA) is 66.8 Å². The number of hydrogen-bond donors (Lipinski definition) is 1. The van der Waals surface area contributed by atoms with Gasteiger partial charge in [-0.25, -0.2) is 9.59 Å². The molecule has 0 bridgehead atoms. The zero-order chi connectivity index (χ0) is 13.2. The Morgan fingerprint density at radius 1 is 1.56 bits per heavy atom. The minimum absolute atomic E-state index is 0.0323. The van der Waals surface area contributed by atoms with Crippen LogP contribution in [0.5, 0.6) is 0 Å². The van der Waals surface area contributed by atoms with Gasteiger partial charge in [0.25, 0.3) is 0 Å². The fourth-order valence-corrected chi connectivity index (χ4v) is 1.38. The first-order valence-corrected chi connectivity index (χ1v) is 5.32. The van der Waals surface area contributed by atoms with Gasteiger partial charge in [0, 0.05) is 7.41 Å². The SMILES string of the molecule is [2H]CC(C)(C)OC(=O)N(C1CC1)C(C)C(=O)O. The molecule has 1 saturated carbocycles. The van der Waals surface area contributed by atoms with E-state index in [9.17, 15) is 9.59 Å². The fraction of sp³-hybridized carbons (Fsp3) is 0.818. The van der Waals surface area contributed by atoms with Crippen molar-refractivity contribution in [1.29, 1.82) is 0 Å². The lowest BCUT2D eigenvalue weighted by Crippen LogP contribution is -2.46. The van der Waals surface area contributed by atoms with Crippen LogP contribution in [0.3, 0.4) is 0 Å². The van der Waals surface area contributed by atoms with Crippen molar-refractivity contribution in [2.45, 2.75) is 58.2 Å². The van der Waals surface area contributed by atoms with E-state index < -0.39 is 23.7 Å². The summed E-state index contributed by atoms with van der Waals surface area (Å²) in [6.07, 6.45) is 0.988. The van der Waals surface area contributed by atoms with Gasteiger partial charge in [0.15, 0.2) is 0 Å². The molecule has 1 fully saturated rings. The molecule has 0 heterocycles. The van der Waals surface area contributed by atoms with E-state index in [-0.39, 0.29) is 12.9 Å². The Morgan fingerprint density at radius 2 is 2.12 bits per heavy atom. The average Bonchev–Trinajstić information content (AvgIpc) is 3.01. The molecule has 1 unspecified atom stereocenters. The lowest BCUT2D eigenvalue weighted by molar-refractivity contribution is -0.142. The molecule has 1 amide bonds. The molecule has 0 aliphatic heterocycles. The van der Waals surface area contributed by atoms with Crippen molar-refractivity contribution < 1.29 is 20.8 Å². The molecule has 0 aromatic rings. The smallest absolute Gasteiger partial charge is 0.411 e. The summed E-state index contributed by atoms with van der Waals surface area (Å²) in [5.74, 6) is -1.04. The number of rotatable bonds is 3. The first kappa shape index (κ1) is 11.2. The molecule has 0 aromatic heterocycles. The number of aliphatic carboxylic acids is 1. The average molecular weight is 230 g/mol. The first-order chi connectivity index (χ1) is 7.78. The number of carboxylic acid groups (broad SMARTS) is 1. The van der Waals surface area contributed by atoms with Crippen LogP contribution in [0, 0.1) is 0 Å². The second kappa shape index (κ2) is 4.31. The Hall–Kier alpha value is -1.26. The van der Waals surface area contributed by atoms with Crippen LogP contribution in [0.2, 0.25) is 0 Å². The van der Waals surface area contributed by atoms with Crippen LogP contribution in [0.15, 0.2) is 0 Å². The zero-order valence-electron chi connectivity index (χ0n) is 10.9. The standard InChI is InChI=1S/C11H19NO4/c1-7(9(13)14)12(8-5-6-8)10(15)16-11(2,3)4/h7-8H,5-6H2,1-4H3,(H,13,14)/i2D. The Morgan fingerprint density at radius 3 is 2.50 bits per heavy atom. The van der Waals surface area contributed by atoms with E-state index >= 15 is 0 Å². The van der Waals surface area contributed by atoms with Crippen LogP contribution in [-0.4, -0.2) is 39.8 Å². The van der Waals surface area contributed by atoms with E-state index in [1.807, 2.05) is 0 Å². The largest absolute Gasteiger partial charge is 0.480 e. The predicted molar refractivity (Wildman–Crippen MR) is 58.2 cm³/mol. The van der Waals surface area contributed by atoms with E-state index in [2.05, 4.69) is 0 Å². The molecule has 1 aliphatic rings. The molecule has 0 aromatic carbocycles. The molecule has 92 valence electrons. The van der Waals surface area contributed by atoms with Crippen LogP contribution < -0.4 is 0 Å². The van der Waals surface area contributed by atoms with Crippen LogP contribution in [0.4, 0.5) is 4.79 Å². The van der Waals surface area contributed by atoms with Gasteiger partial charge in [0.2, 0.25) is 0 Å². The van der Waals surface area contributed by atoms with E-state index in [0.29, 0.717) is 0 Å². The van der Waals surface area contributed by atoms with Crippen molar-refractivity contribution in [3.63, 3.8) is 0 Å². The summed E-state index contributed by atoms with van der Waals surface area (Å²) in [6, 6.07) is -0.924. The van der Waals surface area contributed by atoms with Gasteiger partial charge >= 0.3 is 12.1 Å². The molecule has 16 heavy (non-hydrogen) atoms. The van der Waals surface area contributed by atoms with Gasteiger partial charge in [0.1, 0.15) is 11.6 Å². The minimum atomic E-state index is -1.04. The molecule has 0 saturated heterocycles. The van der Waals surface area contributed by atoms with Gasteiger partial charge in [-0.3, -0.25) is 4.90 Å². The molecule has 1 aliphatic carbocycles. The Bertz CT molecular complexity index is 315. The van der Waals surface area contributed by atoms with Gasteiger partial charge in [0.05, 0.1) is 0 Å². The van der Waals surface area contributed by atoms with E-state index in [0.717, 1.165) is 12.8 Å². The lowest BCUT2D eigenvalue weighted by atomic mass is 10.2. The zero-order valence-corrected chi connectivity index (χ0v) is 9.90. The molecular formula is C11H19NO4. The molecular weight excluding hydrogens is 210 g/mol. The van der Waals surface area contributed by atoms with Gasteiger partial charge in [-0.2, -0.15) is 0 Å². The van der Waals surface area contributed by atoms with Crippen molar-refractivity contribution in [1.82, 2.24) is 4.90 Å². The summed E-state index contributed by atoms with van der Waals surface area (Å²) in [7, 11) is 0. The van der Waals surface area contributed by atoms with Gasteiger partial charge < -0.3 is 9.84 Å². The summed E-state index contributed by atoms with van der Waals surface area (Å²) in [5, 5.41) is 8.95. The van der Waals surface area contributed by atoms with E-state index in [4.69, 9.17) is 11.2 Å². The molecule has 1 atom stereocenters. The number of carboxylic acids is 1. The third-order valence-electron chi connectivity index (χ3n) is 2.29. The van der Waals surface area contributed by atoms with Crippen LogP contribution in [0.25, 0.3) is 0 Å². The Labute approximate surface area is 96.8 Å². The molecule has 5 heteroatoms. The maximum absolute atomic E-state index is 11.9. The first-order valence-electron chi connectivity index (χ1n) is 6.02. The second-order valence-electron chi connectivity index (χ2n) is 4.78. The van der Waals surface area contributed by atoms with Crippen LogP contribution in [0.1, 0.15) is 41.9 Å². The number of ether oxygens (including phenoxy) is 1. The number of hydrogen-bond acceptors (Lipinski definition) is 3. The number of amides is 1. The van der Waals surface area contributed by atoms with Crippen LogP contribution >= 0.6 is 0 Å². The van der Waals surface area contributed by atoms with Crippen LogP contribution in [-0.2, 0) is 9.53 Å². The Kier molecular flexibility index (Phi) is 3.03. The van der Waals surface area contributed by atoms with Gasteiger partial charge in [-0.1, -0.05) is 0 Å². The van der Waals surface area contributed by atoms with Crippen molar-refractivity contribution >= 4 is 12.1 Å². The summed E-state index contributed by atoms with van der Waals surface area (Å²) in [5.41, 5.74) is -0.886. The summed E-state index contributed by atoms with van der Waals surface area (Å²) >= 11 is 0. The third-order valence-corrected chi connectivity index (χ3v) is 2.29. The quantitative estimate of drug-likeness (QED) is 0.803. The highest BCUT2D eigenvalue weighted by molar-refractivity contribution is 5.80. The maximum atomic E-state index is 11.9. The summed E-state index contributed by atoms with van der Waals surface area (Å²) < 4.78 is 12.4. The minimum Gasteiger partial charge on any atom is -0.480 e. The highest BCUT2D eigenvalue weighted by atomic mass is 16.6. The number of nitrogens with zero attached hydrogens (tertiary/aromatic N) is 1. The fourth-order valence-electron chi connectivity index (χ4n) is 1.38. The molecule has 0 spiro atoms. The number of carbonyl (C=O) groups excluding carboxylic acids is 1. The monoisotopic (exact) mass is 230 g/mol. The van der Waals surface area contributed by atoms with Crippen molar-refractivity contribution in [3.05, 3.63) is 0 Å². The molecule has 5 nitrogen and oxygen atoms in total. The highest BCUT2D eigenvalue weighted by Gasteiger charge is 2.40. The maximum Gasteiger partial charge on any atom is 0.411 e. The lowest BCUT2D eigenvalue weighted by Gasteiger charge is -2.29. The highest BCUT2D eigenvalue weighted by Crippen LogP contribution is 2.30. The van der Waals surface area contributed by atoms with E-state index in [1.54, 1.807) is 13.8 Å². The molecule has 1 N–H and O–H groups in total. The van der Waals surface area contributed by atoms with Crippen molar-refractivity contribution in [2.75, 3.05) is 0 Å². The van der Waals surface area contributed by atoms with Gasteiger partial charge in [-0.15, -0.1) is 0 Å². The molecule has 1 rings (SSSR count). The second-order valence-corrected chi connectivity index (χ2v) is 4.78. The number of carbonyl (C=O) groups is 2. The van der Waals surface area contributed by atoms with E-state index in [1.165, 1.54) is 11.8 Å². The molecule has 0 radical (unpaired) electrons. The van der Waals surface area contributed by atoms with Crippen molar-refractivity contribution in [3.8, 4) is 0 Å². The van der Waals surface area contributed by atoms with Gasteiger partial charge in [-0.05, 0) is 40.5 Å². The normalized spacial score (nSPS) is 18.6. The summed E-state index contributed by atoms with van der Waals surface area (Å²) in [6.45, 7) is 4.68. The summed E-state index contributed by atoms with van der Waals surface area (Å²) in [4.78, 5) is 24.1.